The lowest BCUT2D eigenvalue weighted by molar-refractivity contribution is -0.138. The standard InChI is InChI=1S/C22H23N3O5/c1-5-24-12(3)11-15-16(19(24)26)22(17(18(23)30-15)20(27)29-4)13-9-7-8-10-14(13)25(6-2)21(22)28/h7-11H,5-6,23H2,1-4H3. The molecule has 2 aliphatic heterocycles. The van der Waals surface area contributed by atoms with Crippen molar-refractivity contribution in [1.82, 2.24) is 4.57 Å². The van der Waals surface area contributed by atoms with Crippen LogP contribution in [0, 0.1) is 6.92 Å². The van der Waals surface area contributed by atoms with Gasteiger partial charge in [-0.25, -0.2) is 4.79 Å². The molecule has 1 spiro atoms. The van der Waals surface area contributed by atoms with E-state index in [0.29, 0.717) is 30.0 Å². The third-order valence-electron chi connectivity index (χ3n) is 5.87. The summed E-state index contributed by atoms with van der Waals surface area (Å²) in [4.78, 5) is 42.1. The van der Waals surface area contributed by atoms with Crippen molar-refractivity contribution in [2.45, 2.75) is 32.7 Å². The number of nitrogens with zero attached hydrogens (tertiary/aromatic N) is 2. The average molecular weight is 409 g/mol. The van der Waals surface area contributed by atoms with Crippen molar-refractivity contribution in [2.24, 2.45) is 5.73 Å². The van der Waals surface area contributed by atoms with Crippen LogP contribution >= 0.6 is 0 Å². The molecule has 8 heteroatoms. The van der Waals surface area contributed by atoms with Crippen LogP contribution < -0.4 is 20.9 Å². The van der Waals surface area contributed by atoms with E-state index < -0.39 is 22.9 Å². The lowest BCUT2D eigenvalue weighted by Crippen LogP contribution is -2.52. The molecule has 3 heterocycles. The number of rotatable bonds is 3. The van der Waals surface area contributed by atoms with Gasteiger partial charge in [-0.2, -0.15) is 0 Å². The number of methoxy groups -OCH3 is 1. The number of ether oxygens (including phenoxy) is 2. The maximum absolute atomic E-state index is 14.0. The van der Waals surface area contributed by atoms with Crippen LogP contribution in [0.4, 0.5) is 5.69 Å². The molecule has 0 fully saturated rings. The van der Waals surface area contributed by atoms with Crippen LogP contribution in [0.2, 0.25) is 0 Å². The fourth-order valence-corrected chi connectivity index (χ4v) is 4.64. The maximum atomic E-state index is 14.0. The second-order valence-corrected chi connectivity index (χ2v) is 7.22. The van der Waals surface area contributed by atoms with Gasteiger partial charge in [-0.15, -0.1) is 0 Å². The van der Waals surface area contributed by atoms with Gasteiger partial charge in [0.2, 0.25) is 11.8 Å². The summed E-state index contributed by atoms with van der Waals surface area (Å²) in [5.74, 6) is -1.32. The van der Waals surface area contributed by atoms with Gasteiger partial charge in [0.05, 0.1) is 12.7 Å². The zero-order valence-corrected chi connectivity index (χ0v) is 17.3. The van der Waals surface area contributed by atoms with Crippen LogP contribution in [0.3, 0.4) is 0 Å². The third kappa shape index (κ3) is 2.24. The number of carbonyl (C=O) groups excluding carboxylic acids is 2. The Labute approximate surface area is 173 Å². The molecule has 1 aromatic carbocycles. The minimum absolute atomic E-state index is 0.0814. The van der Waals surface area contributed by atoms with Crippen molar-refractivity contribution in [2.75, 3.05) is 18.6 Å². The normalized spacial score (nSPS) is 19.6. The molecule has 0 saturated carbocycles. The molecular weight excluding hydrogens is 386 g/mol. The molecule has 0 aliphatic carbocycles. The Morgan fingerprint density at radius 3 is 2.53 bits per heavy atom. The van der Waals surface area contributed by atoms with Gasteiger partial charge in [0, 0.05) is 36.1 Å². The zero-order valence-electron chi connectivity index (χ0n) is 17.3. The van der Waals surface area contributed by atoms with Crippen LogP contribution in [0.5, 0.6) is 5.75 Å². The fourth-order valence-electron chi connectivity index (χ4n) is 4.64. The van der Waals surface area contributed by atoms with Gasteiger partial charge >= 0.3 is 5.97 Å². The number of nitrogens with two attached hydrogens (primary N) is 1. The van der Waals surface area contributed by atoms with Gasteiger partial charge in [-0.3, -0.25) is 9.59 Å². The first-order valence-electron chi connectivity index (χ1n) is 9.77. The van der Waals surface area contributed by atoms with Crippen LogP contribution in [0.25, 0.3) is 0 Å². The summed E-state index contributed by atoms with van der Waals surface area (Å²) in [6, 6.07) is 8.77. The van der Waals surface area contributed by atoms with E-state index in [1.165, 1.54) is 7.11 Å². The van der Waals surface area contributed by atoms with Gasteiger partial charge < -0.3 is 24.7 Å². The minimum Gasteiger partial charge on any atom is -0.465 e. The first-order chi connectivity index (χ1) is 14.3. The number of hydrogen-bond donors (Lipinski definition) is 1. The van der Waals surface area contributed by atoms with E-state index >= 15 is 0 Å². The molecule has 1 amide bonds. The maximum Gasteiger partial charge on any atom is 0.340 e. The monoisotopic (exact) mass is 409 g/mol. The highest BCUT2D eigenvalue weighted by atomic mass is 16.5. The summed E-state index contributed by atoms with van der Waals surface area (Å²) in [6.07, 6.45) is 0. The SMILES string of the molecule is CCN1C(=O)C2(C(C(=O)OC)=C(N)Oc3cc(C)n(CC)c(=O)c32)c2ccccc21. The van der Waals surface area contributed by atoms with E-state index in [4.69, 9.17) is 15.2 Å². The van der Waals surface area contributed by atoms with E-state index in [1.54, 1.807) is 46.7 Å². The summed E-state index contributed by atoms with van der Waals surface area (Å²) < 4.78 is 12.2. The number of esters is 1. The smallest absolute Gasteiger partial charge is 0.340 e. The molecule has 1 aromatic heterocycles. The molecule has 30 heavy (non-hydrogen) atoms. The average Bonchev–Trinajstić information content (AvgIpc) is 2.96. The first kappa shape index (κ1) is 19.8. The molecule has 8 nitrogen and oxygen atoms in total. The van der Waals surface area contributed by atoms with Crippen molar-refractivity contribution in [3.05, 3.63) is 69.0 Å². The predicted molar refractivity (Wildman–Crippen MR) is 110 cm³/mol. The van der Waals surface area contributed by atoms with Crippen molar-refractivity contribution in [1.29, 1.82) is 0 Å². The second kappa shape index (κ2) is 6.76. The topological polar surface area (TPSA) is 104 Å². The highest BCUT2D eigenvalue weighted by molar-refractivity contribution is 6.18. The number of aryl methyl sites for hydroxylation is 1. The number of hydrogen-bond acceptors (Lipinski definition) is 6. The molecule has 2 N–H and O–H groups in total. The van der Waals surface area contributed by atoms with Gasteiger partial charge in [0.15, 0.2) is 0 Å². The third-order valence-corrected chi connectivity index (χ3v) is 5.87. The molecule has 0 bridgehead atoms. The minimum atomic E-state index is -1.74. The molecular formula is C22H23N3O5. The zero-order chi connectivity index (χ0) is 21.8. The van der Waals surface area contributed by atoms with Crippen molar-refractivity contribution >= 4 is 17.6 Å². The molecule has 2 aromatic rings. The van der Waals surface area contributed by atoms with Crippen LogP contribution in [-0.2, 0) is 26.3 Å². The van der Waals surface area contributed by atoms with Gasteiger partial charge in [-0.05, 0) is 26.8 Å². The largest absolute Gasteiger partial charge is 0.465 e. The Balaban J connectivity index is 2.24. The number of pyridine rings is 1. The number of para-hydroxylation sites is 1. The van der Waals surface area contributed by atoms with Crippen LogP contribution in [-0.4, -0.2) is 30.1 Å². The number of aromatic nitrogens is 1. The van der Waals surface area contributed by atoms with Gasteiger partial charge in [0.25, 0.3) is 5.56 Å². The second-order valence-electron chi connectivity index (χ2n) is 7.22. The first-order valence-corrected chi connectivity index (χ1v) is 9.77. The highest BCUT2D eigenvalue weighted by Gasteiger charge is 2.62. The summed E-state index contributed by atoms with van der Waals surface area (Å²) >= 11 is 0. The lowest BCUT2D eigenvalue weighted by atomic mass is 9.68. The molecule has 156 valence electrons. The van der Waals surface area contributed by atoms with Crippen molar-refractivity contribution < 1.29 is 19.1 Å². The Bertz CT molecular complexity index is 1180. The Morgan fingerprint density at radius 2 is 1.90 bits per heavy atom. The molecule has 2 aliphatic rings. The summed E-state index contributed by atoms with van der Waals surface area (Å²) in [7, 11) is 1.20. The molecule has 0 radical (unpaired) electrons. The molecule has 0 saturated heterocycles. The summed E-state index contributed by atoms with van der Waals surface area (Å²) in [6.45, 7) is 6.20. The number of carbonyl (C=O) groups is 2. The number of fused-ring (bicyclic) bond motifs is 4. The number of amides is 1. The predicted octanol–water partition coefficient (Wildman–Crippen LogP) is 1.56. The molecule has 4 rings (SSSR count). The molecule has 1 atom stereocenters. The van der Waals surface area contributed by atoms with Crippen molar-refractivity contribution in [3.63, 3.8) is 0 Å². The summed E-state index contributed by atoms with van der Waals surface area (Å²) in [5, 5.41) is 0. The summed E-state index contributed by atoms with van der Waals surface area (Å²) in [5.41, 5.74) is 5.74. The number of anilines is 1. The van der Waals surface area contributed by atoms with Crippen LogP contribution in [0.1, 0.15) is 30.7 Å². The molecule has 1 unspecified atom stereocenters. The van der Waals surface area contributed by atoms with E-state index in [2.05, 4.69) is 0 Å². The number of likely N-dealkylation sites (N-methyl/N-ethyl adjacent to an activating group) is 1. The Kier molecular flexibility index (Phi) is 4.45. The van der Waals surface area contributed by atoms with Gasteiger partial charge in [0.1, 0.15) is 16.7 Å². The number of benzene rings is 1. The van der Waals surface area contributed by atoms with Crippen LogP contribution in [0.15, 0.2) is 46.6 Å². The van der Waals surface area contributed by atoms with E-state index in [0.717, 1.165) is 0 Å². The Hall–Kier alpha value is -3.55. The highest BCUT2D eigenvalue weighted by Crippen LogP contribution is 2.54. The quantitative estimate of drug-likeness (QED) is 0.772. The fraction of sp³-hybridized carbons (Fsp3) is 0.318. The van der Waals surface area contributed by atoms with E-state index in [-0.39, 0.29) is 22.8 Å². The van der Waals surface area contributed by atoms with Crippen molar-refractivity contribution in [3.8, 4) is 5.75 Å². The Morgan fingerprint density at radius 1 is 1.20 bits per heavy atom. The van der Waals surface area contributed by atoms with E-state index in [9.17, 15) is 14.4 Å². The van der Waals surface area contributed by atoms with Gasteiger partial charge in [-0.1, -0.05) is 18.2 Å². The van der Waals surface area contributed by atoms with E-state index in [1.807, 2.05) is 13.8 Å². The lowest BCUT2D eigenvalue weighted by Gasteiger charge is -2.35.